The standard InChI is InChI=1S/C12H12N4OS/c1-7-5-15-12(16-6-7)18-9-4-2-3-8(10(9)13)11(14)17/h2-6H,13H2,1H3,(H2,14,17). The van der Waals surface area contributed by atoms with Gasteiger partial charge in [-0.05, 0) is 36.4 Å². The lowest BCUT2D eigenvalue weighted by Crippen LogP contribution is -2.13. The molecule has 0 saturated carbocycles. The molecule has 0 atom stereocenters. The Balaban J connectivity index is 2.32. The quantitative estimate of drug-likeness (QED) is 0.646. The first-order valence-corrected chi connectivity index (χ1v) is 6.04. The van der Waals surface area contributed by atoms with Crippen molar-refractivity contribution in [3.63, 3.8) is 0 Å². The number of nitrogens with zero attached hydrogens (tertiary/aromatic N) is 2. The molecule has 92 valence electrons. The average molecular weight is 260 g/mol. The van der Waals surface area contributed by atoms with Crippen LogP contribution in [0.15, 0.2) is 40.6 Å². The van der Waals surface area contributed by atoms with Gasteiger partial charge in [0.1, 0.15) is 0 Å². The summed E-state index contributed by atoms with van der Waals surface area (Å²) in [7, 11) is 0. The Bertz CT molecular complexity index is 583. The first-order valence-electron chi connectivity index (χ1n) is 5.22. The van der Waals surface area contributed by atoms with Gasteiger partial charge in [0, 0.05) is 17.3 Å². The van der Waals surface area contributed by atoms with E-state index >= 15 is 0 Å². The van der Waals surface area contributed by atoms with Crippen molar-refractivity contribution in [1.82, 2.24) is 9.97 Å². The maximum absolute atomic E-state index is 11.2. The molecule has 0 radical (unpaired) electrons. The van der Waals surface area contributed by atoms with E-state index in [9.17, 15) is 4.79 Å². The lowest BCUT2D eigenvalue weighted by molar-refractivity contribution is 0.100. The minimum absolute atomic E-state index is 0.312. The topological polar surface area (TPSA) is 94.9 Å². The Hall–Kier alpha value is -2.08. The van der Waals surface area contributed by atoms with E-state index in [-0.39, 0.29) is 0 Å². The SMILES string of the molecule is Cc1cnc(Sc2cccc(C(N)=O)c2N)nc1. The number of amides is 1. The van der Waals surface area contributed by atoms with E-state index in [1.54, 1.807) is 30.6 Å². The van der Waals surface area contributed by atoms with Crippen LogP contribution in [0.2, 0.25) is 0 Å². The molecule has 1 aromatic heterocycles. The van der Waals surface area contributed by atoms with Gasteiger partial charge in [0.25, 0.3) is 5.91 Å². The molecule has 1 amide bonds. The summed E-state index contributed by atoms with van der Waals surface area (Å²) in [6.45, 7) is 1.91. The number of carbonyl (C=O) groups excluding carboxylic acids is 1. The van der Waals surface area contributed by atoms with Gasteiger partial charge in [-0.2, -0.15) is 0 Å². The molecule has 2 aromatic rings. The molecule has 0 saturated heterocycles. The van der Waals surface area contributed by atoms with Crippen molar-refractivity contribution in [1.29, 1.82) is 0 Å². The number of nitrogens with two attached hydrogens (primary N) is 2. The van der Waals surface area contributed by atoms with Crippen LogP contribution in [-0.2, 0) is 0 Å². The summed E-state index contributed by atoms with van der Waals surface area (Å²) in [5.74, 6) is -0.542. The Kier molecular flexibility index (Phi) is 3.47. The highest BCUT2D eigenvalue weighted by Gasteiger charge is 2.11. The third-order valence-electron chi connectivity index (χ3n) is 2.29. The predicted octanol–water partition coefficient (Wildman–Crippen LogP) is 1.62. The first kappa shape index (κ1) is 12.4. The van der Waals surface area contributed by atoms with E-state index in [1.807, 2.05) is 6.92 Å². The van der Waals surface area contributed by atoms with E-state index in [4.69, 9.17) is 11.5 Å². The number of aryl methyl sites for hydroxylation is 1. The molecule has 0 bridgehead atoms. The highest BCUT2D eigenvalue weighted by atomic mass is 32.2. The molecule has 0 fully saturated rings. The number of benzene rings is 1. The molecule has 18 heavy (non-hydrogen) atoms. The number of hydrogen-bond donors (Lipinski definition) is 2. The molecule has 2 rings (SSSR count). The molecule has 0 aliphatic heterocycles. The average Bonchev–Trinajstić information content (AvgIpc) is 2.34. The highest BCUT2D eigenvalue weighted by Crippen LogP contribution is 2.31. The van der Waals surface area contributed by atoms with Crippen molar-refractivity contribution in [3.05, 3.63) is 41.7 Å². The molecule has 0 unspecified atom stereocenters. The molecule has 5 nitrogen and oxygen atoms in total. The molecule has 4 N–H and O–H groups in total. The van der Waals surface area contributed by atoms with Crippen LogP contribution in [0.3, 0.4) is 0 Å². The number of para-hydroxylation sites is 1. The summed E-state index contributed by atoms with van der Waals surface area (Å²) < 4.78 is 0. The van der Waals surface area contributed by atoms with E-state index in [0.717, 1.165) is 10.5 Å². The molecule has 1 aromatic carbocycles. The van der Waals surface area contributed by atoms with Gasteiger partial charge in [-0.1, -0.05) is 6.07 Å². The van der Waals surface area contributed by atoms with Crippen LogP contribution in [-0.4, -0.2) is 15.9 Å². The second-order valence-corrected chi connectivity index (χ2v) is 4.74. The molecular weight excluding hydrogens is 248 g/mol. The van der Waals surface area contributed by atoms with E-state index in [1.165, 1.54) is 11.8 Å². The zero-order valence-corrected chi connectivity index (χ0v) is 10.6. The van der Waals surface area contributed by atoms with Gasteiger partial charge >= 0.3 is 0 Å². The molecule has 0 spiro atoms. The fourth-order valence-corrected chi connectivity index (χ4v) is 2.15. The number of carbonyl (C=O) groups is 1. The third kappa shape index (κ3) is 2.60. The summed E-state index contributed by atoms with van der Waals surface area (Å²) in [5, 5.41) is 0.578. The van der Waals surface area contributed by atoms with Crippen molar-refractivity contribution >= 4 is 23.4 Å². The maximum Gasteiger partial charge on any atom is 0.250 e. The first-order chi connectivity index (χ1) is 8.58. The normalized spacial score (nSPS) is 10.3. The zero-order chi connectivity index (χ0) is 13.1. The summed E-state index contributed by atoms with van der Waals surface area (Å²) >= 11 is 1.30. The minimum atomic E-state index is -0.542. The minimum Gasteiger partial charge on any atom is -0.397 e. The van der Waals surface area contributed by atoms with Crippen LogP contribution in [0.25, 0.3) is 0 Å². The summed E-state index contributed by atoms with van der Waals surface area (Å²) in [6.07, 6.45) is 3.45. The van der Waals surface area contributed by atoms with Gasteiger partial charge in [0.05, 0.1) is 11.3 Å². The van der Waals surface area contributed by atoms with Crippen molar-refractivity contribution in [3.8, 4) is 0 Å². The third-order valence-corrected chi connectivity index (χ3v) is 3.26. The second-order valence-electron chi connectivity index (χ2n) is 3.73. The van der Waals surface area contributed by atoms with Crippen LogP contribution < -0.4 is 11.5 Å². The number of rotatable bonds is 3. The largest absolute Gasteiger partial charge is 0.397 e. The maximum atomic E-state index is 11.2. The van der Waals surface area contributed by atoms with Crippen LogP contribution in [0.1, 0.15) is 15.9 Å². The number of anilines is 1. The molecule has 6 heteroatoms. The van der Waals surface area contributed by atoms with Crippen molar-refractivity contribution in [2.45, 2.75) is 17.0 Å². The van der Waals surface area contributed by atoms with Gasteiger partial charge in [-0.25, -0.2) is 9.97 Å². The van der Waals surface area contributed by atoms with Gasteiger partial charge in [0.2, 0.25) is 0 Å². The van der Waals surface area contributed by atoms with Gasteiger partial charge in [0.15, 0.2) is 5.16 Å². The Morgan fingerprint density at radius 1 is 1.28 bits per heavy atom. The van der Waals surface area contributed by atoms with Gasteiger partial charge in [-0.15, -0.1) is 0 Å². The Morgan fingerprint density at radius 2 is 1.94 bits per heavy atom. The van der Waals surface area contributed by atoms with Crippen molar-refractivity contribution < 1.29 is 4.79 Å². The van der Waals surface area contributed by atoms with Crippen molar-refractivity contribution in [2.75, 3.05) is 5.73 Å². The fraction of sp³-hybridized carbons (Fsp3) is 0.0833. The molecular formula is C12H12N4OS. The van der Waals surface area contributed by atoms with E-state index < -0.39 is 5.91 Å². The van der Waals surface area contributed by atoms with Crippen LogP contribution in [0, 0.1) is 6.92 Å². The fourth-order valence-electron chi connectivity index (χ4n) is 1.38. The number of aromatic nitrogens is 2. The second kappa shape index (κ2) is 5.05. The van der Waals surface area contributed by atoms with Gasteiger partial charge < -0.3 is 11.5 Å². The zero-order valence-electron chi connectivity index (χ0n) is 9.75. The highest BCUT2D eigenvalue weighted by molar-refractivity contribution is 7.99. The van der Waals surface area contributed by atoms with Crippen LogP contribution >= 0.6 is 11.8 Å². The Labute approximate surface area is 109 Å². The molecule has 1 heterocycles. The van der Waals surface area contributed by atoms with E-state index in [0.29, 0.717) is 16.4 Å². The number of nitrogen functional groups attached to an aromatic ring is 1. The van der Waals surface area contributed by atoms with Gasteiger partial charge in [-0.3, -0.25) is 4.79 Å². The Morgan fingerprint density at radius 3 is 2.56 bits per heavy atom. The van der Waals surface area contributed by atoms with E-state index in [2.05, 4.69) is 9.97 Å². The molecule has 0 aliphatic carbocycles. The van der Waals surface area contributed by atoms with Crippen LogP contribution in [0.4, 0.5) is 5.69 Å². The summed E-state index contributed by atoms with van der Waals surface area (Å²) in [4.78, 5) is 20.2. The number of primary amides is 1. The monoisotopic (exact) mass is 260 g/mol. The smallest absolute Gasteiger partial charge is 0.250 e. The lowest BCUT2D eigenvalue weighted by Gasteiger charge is -2.07. The van der Waals surface area contributed by atoms with Crippen molar-refractivity contribution in [2.24, 2.45) is 5.73 Å². The molecule has 0 aliphatic rings. The summed E-state index contributed by atoms with van der Waals surface area (Å²) in [6, 6.07) is 5.13. The number of hydrogen-bond acceptors (Lipinski definition) is 5. The lowest BCUT2D eigenvalue weighted by atomic mass is 10.2. The van der Waals surface area contributed by atoms with Crippen LogP contribution in [0.5, 0.6) is 0 Å². The summed E-state index contributed by atoms with van der Waals surface area (Å²) in [5.41, 5.74) is 12.8. The predicted molar refractivity (Wildman–Crippen MR) is 70.3 cm³/mol.